The number of alkyl halides is 1. The molecule has 1 aliphatic heterocycles. The lowest BCUT2D eigenvalue weighted by molar-refractivity contribution is 0.417. The van der Waals surface area contributed by atoms with E-state index in [1.165, 1.54) is 50.6 Å². The number of rotatable bonds is 5. The van der Waals surface area contributed by atoms with Crippen molar-refractivity contribution in [2.45, 2.75) is 57.5 Å². The fourth-order valence-corrected chi connectivity index (χ4v) is 5.14. The molecule has 0 spiro atoms. The topological polar surface area (TPSA) is 0 Å². The van der Waals surface area contributed by atoms with Crippen LogP contribution >= 0.6 is 11.6 Å². The molecule has 1 rings (SSSR count). The summed E-state index contributed by atoms with van der Waals surface area (Å²) in [5.41, 5.74) is 0.992. The maximum Gasteiger partial charge on any atom is 0.0659 e. The van der Waals surface area contributed by atoms with Crippen LogP contribution in [-0.2, 0) is 0 Å². The number of unbranched alkanes of at least 4 members (excludes halogenated alkanes) is 2. The monoisotopic (exact) mass is 217 g/mol. The maximum atomic E-state index is 5.90. The molecular formula is C11H22ClSi. The number of halogens is 1. The van der Waals surface area contributed by atoms with Crippen LogP contribution in [0.1, 0.15) is 45.4 Å². The van der Waals surface area contributed by atoms with Gasteiger partial charge in [-0.3, -0.25) is 0 Å². The van der Waals surface area contributed by atoms with Crippen molar-refractivity contribution in [3.8, 4) is 0 Å². The fourth-order valence-electron chi connectivity index (χ4n) is 2.19. The normalized spacial score (nSPS) is 20.8. The molecule has 0 unspecified atom stereocenters. The van der Waals surface area contributed by atoms with Gasteiger partial charge in [-0.05, 0) is 5.92 Å². The van der Waals surface area contributed by atoms with Crippen LogP contribution in [0.2, 0.25) is 12.1 Å². The molecule has 1 heterocycles. The molecule has 2 heteroatoms. The predicted molar refractivity (Wildman–Crippen MR) is 63.0 cm³/mol. The van der Waals surface area contributed by atoms with E-state index in [0.717, 1.165) is 11.4 Å². The zero-order chi connectivity index (χ0) is 9.52. The fraction of sp³-hybridized carbons (Fsp3) is 1.00. The van der Waals surface area contributed by atoms with Crippen molar-refractivity contribution in [3.63, 3.8) is 0 Å². The van der Waals surface area contributed by atoms with E-state index in [4.69, 9.17) is 11.6 Å². The summed E-state index contributed by atoms with van der Waals surface area (Å²) in [4.78, 5) is 0. The third-order valence-corrected chi connectivity index (χ3v) is 6.72. The predicted octanol–water partition coefficient (Wildman–Crippen LogP) is 4.25. The third kappa shape index (κ3) is 4.50. The van der Waals surface area contributed by atoms with Gasteiger partial charge in [0.25, 0.3) is 0 Å². The van der Waals surface area contributed by atoms with Gasteiger partial charge in [-0.1, -0.05) is 57.5 Å². The van der Waals surface area contributed by atoms with Gasteiger partial charge in [-0.15, -0.1) is 11.6 Å². The summed E-state index contributed by atoms with van der Waals surface area (Å²) < 4.78 is 0. The van der Waals surface area contributed by atoms with Crippen LogP contribution in [0.4, 0.5) is 0 Å². The highest BCUT2D eigenvalue weighted by atomic mass is 35.5. The van der Waals surface area contributed by atoms with Crippen molar-refractivity contribution >= 4 is 20.4 Å². The van der Waals surface area contributed by atoms with Crippen LogP contribution in [0.25, 0.3) is 0 Å². The minimum Gasteiger partial charge on any atom is -0.130 e. The van der Waals surface area contributed by atoms with Crippen LogP contribution in [0.3, 0.4) is 0 Å². The Labute approximate surface area is 89.7 Å². The van der Waals surface area contributed by atoms with Crippen molar-refractivity contribution in [2.75, 3.05) is 5.50 Å². The van der Waals surface area contributed by atoms with Gasteiger partial charge in [-0.2, -0.15) is 0 Å². The Hall–Kier alpha value is 0.507. The molecule has 0 aromatic rings. The number of hydrogen-bond donors (Lipinski definition) is 0. The van der Waals surface area contributed by atoms with Crippen LogP contribution in [0.15, 0.2) is 0 Å². The van der Waals surface area contributed by atoms with Crippen molar-refractivity contribution in [1.29, 1.82) is 0 Å². The molecule has 1 aliphatic rings. The molecule has 77 valence electrons. The van der Waals surface area contributed by atoms with E-state index in [2.05, 4.69) is 6.92 Å². The second-order valence-corrected chi connectivity index (χ2v) is 7.89. The highest BCUT2D eigenvalue weighted by molar-refractivity contribution is 6.67. The average Bonchev–Trinajstić information content (AvgIpc) is 2.19. The van der Waals surface area contributed by atoms with Gasteiger partial charge in [0.2, 0.25) is 0 Å². The van der Waals surface area contributed by atoms with Gasteiger partial charge in [-0.25, -0.2) is 0 Å². The minimum absolute atomic E-state index is 0.0844. The standard InChI is InChI=1S/C11H22ClSi/c1-2-3-4-5-11-6-8-13(10-12)9-7-11/h11H,2-10H2,1H3. The van der Waals surface area contributed by atoms with E-state index in [1.54, 1.807) is 0 Å². The van der Waals surface area contributed by atoms with E-state index >= 15 is 0 Å². The average molecular weight is 218 g/mol. The van der Waals surface area contributed by atoms with Crippen LogP contribution in [0.5, 0.6) is 0 Å². The first kappa shape index (κ1) is 11.6. The highest BCUT2D eigenvalue weighted by Gasteiger charge is 2.20. The van der Waals surface area contributed by atoms with Crippen LogP contribution in [0, 0.1) is 5.92 Å². The second-order valence-electron chi connectivity index (χ2n) is 4.32. The molecule has 1 fully saturated rings. The molecule has 1 radical (unpaired) electrons. The lowest BCUT2D eigenvalue weighted by Crippen LogP contribution is -2.23. The zero-order valence-electron chi connectivity index (χ0n) is 8.82. The van der Waals surface area contributed by atoms with Gasteiger partial charge < -0.3 is 0 Å². The molecule has 0 aromatic heterocycles. The molecule has 0 aromatic carbocycles. The zero-order valence-corrected chi connectivity index (χ0v) is 10.6. The minimum atomic E-state index is -0.0844. The first-order valence-electron chi connectivity index (χ1n) is 5.76. The molecule has 0 nitrogen and oxygen atoms in total. The van der Waals surface area contributed by atoms with Crippen molar-refractivity contribution in [3.05, 3.63) is 0 Å². The summed E-state index contributed by atoms with van der Waals surface area (Å²) in [5.74, 6) is 1.06. The Bertz CT molecular complexity index is 117. The van der Waals surface area contributed by atoms with Crippen molar-refractivity contribution < 1.29 is 0 Å². The van der Waals surface area contributed by atoms with Crippen molar-refractivity contribution in [2.24, 2.45) is 5.92 Å². The molecular weight excluding hydrogens is 196 g/mol. The Morgan fingerprint density at radius 1 is 1.23 bits per heavy atom. The van der Waals surface area contributed by atoms with Gasteiger partial charge in [0, 0.05) is 5.50 Å². The van der Waals surface area contributed by atoms with Gasteiger partial charge in [0.1, 0.15) is 0 Å². The summed E-state index contributed by atoms with van der Waals surface area (Å²) in [6, 6.07) is 2.98. The summed E-state index contributed by atoms with van der Waals surface area (Å²) >= 11 is 5.90. The summed E-state index contributed by atoms with van der Waals surface area (Å²) in [6.45, 7) is 2.29. The van der Waals surface area contributed by atoms with E-state index in [1.807, 2.05) is 0 Å². The van der Waals surface area contributed by atoms with E-state index in [0.29, 0.717) is 0 Å². The molecule has 0 saturated carbocycles. The van der Waals surface area contributed by atoms with Gasteiger partial charge in [0.15, 0.2) is 0 Å². The molecule has 13 heavy (non-hydrogen) atoms. The summed E-state index contributed by atoms with van der Waals surface area (Å²) in [6.07, 6.45) is 8.73. The largest absolute Gasteiger partial charge is 0.130 e. The molecule has 0 N–H and O–H groups in total. The van der Waals surface area contributed by atoms with Crippen LogP contribution in [-0.4, -0.2) is 14.3 Å². The number of hydrogen-bond acceptors (Lipinski definition) is 0. The van der Waals surface area contributed by atoms with Gasteiger partial charge in [0.05, 0.1) is 8.80 Å². The van der Waals surface area contributed by atoms with Crippen molar-refractivity contribution in [1.82, 2.24) is 0 Å². The lowest BCUT2D eigenvalue weighted by atomic mass is 9.96. The van der Waals surface area contributed by atoms with E-state index in [9.17, 15) is 0 Å². The SMILES string of the molecule is CCCCCC1CC[Si](CCl)CC1. The Morgan fingerprint density at radius 2 is 1.92 bits per heavy atom. The quantitative estimate of drug-likeness (QED) is 0.367. The first-order valence-corrected chi connectivity index (χ1v) is 8.42. The molecule has 0 bridgehead atoms. The molecule has 1 saturated heterocycles. The Morgan fingerprint density at radius 3 is 2.46 bits per heavy atom. The highest BCUT2D eigenvalue weighted by Crippen LogP contribution is 2.29. The molecule has 0 atom stereocenters. The smallest absolute Gasteiger partial charge is 0.0659 e. The molecule has 0 aliphatic carbocycles. The van der Waals surface area contributed by atoms with Gasteiger partial charge >= 0.3 is 0 Å². The first-order chi connectivity index (χ1) is 6.36. The Kier molecular flexibility index (Phi) is 6.14. The van der Waals surface area contributed by atoms with E-state index in [-0.39, 0.29) is 8.80 Å². The lowest BCUT2D eigenvalue weighted by Gasteiger charge is -2.26. The maximum absolute atomic E-state index is 5.90. The second kappa shape index (κ2) is 6.89. The third-order valence-electron chi connectivity index (χ3n) is 3.22. The molecule has 0 amide bonds. The van der Waals surface area contributed by atoms with E-state index < -0.39 is 0 Å². The summed E-state index contributed by atoms with van der Waals surface area (Å²) in [5, 5.41) is 0. The summed E-state index contributed by atoms with van der Waals surface area (Å²) in [7, 11) is -0.0844. The van der Waals surface area contributed by atoms with Crippen LogP contribution < -0.4 is 0 Å². The Balaban J connectivity index is 2.03.